The molecule has 11 heteroatoms. The van der Waals surface area contributed by atoms with E-state index in [9.17, 15) is 14.9 Å². The van der Waals surface area contributed by atoms with E-state index in [2.05, 4.69) is 15.5 Å². The summed E-state index contributed by atoms with van der Waals surface area (Å²) in [4.78, 5) is 23.5. The van der Waals surface area contributed by atoms with E-state index < -0.39 is 10.8 Å². The van der Waals surface area contributed by atoms with Gasteiger partial charge in [-0.2, -0.15) is 0 Å². The zero-order valence-electron chi connectivity index (χ0n) is 18.4. The number of aromatic nitrogens is 3. The molecular formula is C24H19Cl2N5O3S. The van der Waals surface area contributed by atoms with Crippen LogP contribution in [-0.2, 0) is 12.3 Å². The average Bonchev–Trinajstić information content (AvgIpc) is 3.24. The van der Waals surface area contributed by atoms with Crippen LogP contribution in [0.5, 0.6) is 0 Å². The Bertz CT molecular complexity index is 1400. The van der Waals surface area contributed by atoms with Crippen LogP contribution in [-0.4, -0.2) is 25.6 Å². The second-order valence-corrected chi connectivity index (χ2v) is 9.33. The molecule has 1 amide bonds. The molecule has 0 bridgehead atoms. The molecule has 178 valence electrons. The van der Waals surface area contributed by atoms with Crippen LogP contribution in [0.1, 0.15) is 27.3 Å². The van der Waals surface area contributed by atoms with Crippen LogP contribution in [0, 0.1) is 17.0 Å². The molecule has 0 fully saturated rings. The lowest BCUT2D eigenvalue weighted by molar-refractivity contribution is -0.385. The first-order valence-electron chi connectivity index (χ1n) is 10.4. The van der Waals surface area contributed by atoms with Gasteiger partial charge in [-0.05, 0) is 36.8 Å². The first kappa shape index (κ1) is 24.7. The Kier molecular flexibility index (Phi) is 7.70. The van der Waals surface area contributed by atoms with Crippen LogP contribution in [0.15, 0.2) is 71.9 Å². The van der Waals surface area contributed by atoms with Gasteiger partial charge in [0.05, 0.1) is 22.2 Å². The molecule has 0 radical (unpaired) electrons. The van der Waals surface area contributed by atoms with Crippen molar-refractivity contribution < 1.29 is 9.72 Å². The molecule has 0 saturated heterocycles. The number of benzene rings is 3. The molecule has 0 aliphatic heterocycles. The number of thioether (sulfide) groups is 1. The molecule has 1 heterocycles. The second-order valence-electron chi connectivity index (χ2n) is 7.55. The van der Waals surface area contributed by atoms with Crippen molar-refractivity contribution in [3.63, 3.8) is 0 Å². The van der Waals surface area contributed by atoms with E-state index in [1.165, 1.54) is 17.8 Å². The third kappa shape index (κ3) is 5.82. The zero-order chi connectivity index (χ0) is 24.9. The number of nitro benzene ring substituents is 1. The Morgan fingerprint density at radius 2 is 1.86 bits per heavy atom. The normalized spacial score (nSPS) is 10.8. The van der Waals surface area contributed by atoms with E-state index in [4.69, 9.17) is 23.2 Å². The lowest BCUT2D eigenvalue weighted by Crippen LogP contribution is -2.25. The number of hydrogen-bond acceptors (Lipinski definition) is 6. The monoisotopic (exact) mass is 527 g/mol. The molecule has 1 aromatic heterocycles. The van der Waals surface area contributed by atoms with Crippen molar-refractivity contribution in [1.82, 2.24) is 20.1 Å². The number of rotatable bonds is 8. The summed E-state index contributed by atoms with van der Waals surface area (Å²) in [5.74, 6) is 0.631. The molecule has 1 N–H and O–H groups in total. The molecule has 4 aromatic rings. The highest BCUT2D eigenvalue weighted by molar-refractivity contribution is 7.98. The van der Waals surface area contributed by atoms with Crippen LogP contribution in [0.2, 0.25) is 10.0 Å². The number of nitrogens with one attached hydrogen (secondary N) is 1. The summed E-state index contributed by atoms with van der Waals surface area (Å²) in [5, 5.41) is 24.1. The van der Waals surface area contributed by atoms with Crippen LogP contribution in [0.25, 0.3) is 5.69 Å². The summed E-state index contributed by atoms with van der Waals surface area (Å²) in [6.45, 7) is 1.64. The van der Waals surface area contributed by atoms with E-state index in [1.54, 1.807) is 41.8 Å². The molecule has 8 nitrogen and oxygen atoms in total. The highest BCUT2D eigenvalue weighted by Gasteiger charge is 2.19. The highest BCUT2D eigenvalue weighted by Crippen LogP contribution is 2.30. The minimum Gasteiger partial charge on any atom is -0.345 e. The van der Waals surface area contributed by atoms with E-state index in [0.717, 1.165) is 5.56 Å². The maximum atomic E-state index is 12.7. The first-order chi connectivity index (χ1) is 16.8. The smallest absolute Gasteiger partial charge is 0.273 e. The quantitative estimate of drug-likeness (QED) is 0.171. The average molecular weight is 528 g/mol. The number of carbonyl (C=O) groups is 1. The molecular weight excluding hydrogens is 509 g/mol. The summed E-state index contributed by atoms with van der Waals surface area (Å²) < 4.78 is 1.77. The van der Waals surface area contributed by atoms with Gasteiger partial charge in [-0.25, -0.2) is 0 Å². The Morgan fingerprint density at radius 1 is 1.09 bits per heavy atom. The standard InChI is InChI=1S/C24H19Cl2N5O3S/c1-15-7-8-17(11-21(15)31(33)34)23(32)27-13-22-28-29-24(35-14-16-5-3-2-4-6-16)30(22)20-10-9-18(25)12-19(20)26/h2-12H,13-14H2,1H3,(H,27,32). The number of nitrogens with zero attached hydrogens (tertiary/aromatic N) is 4. The van der Waals surface area contributed by atoms with Gasteiger partial charge in [0.15, 0.2) is 11.0 Å². The topological polar surface area (TPSA) is 103 Å². The lowest BCUT2D eigenvalue weighted by Gasteiger charge is -2.13. The van der Waals surface area contributed by atoms with E-state index in [0.29, 0.717) is 38.0 Å². The molecule has 0 unspecified atom stereocenters. The third-order valence-corrected chi connectivity index (χ3v) is 6.67. The van der Waals surface area contributed by atoms with Crippen molar-refractivity contribution in [3.05, 3.63) is 109 Å². The summed E-state index contributed by atoms with van der Waals surface area (Å²) in [6.07, 6.45) is 0. The number of halogens is 2. The molecule has 3 aromatic carbocycles. The molecule has 0 spiro atoms. The largest absolute Gasteiger partial charge is 0.345 e. The fourth-order valence-electron chi connectivity index (χ4n) is 3.34. The third-order valence-electron chi connectivity index (χ3n) is 5.14. The van der Waals surface area contributed by atoms with Crippen LogP contribution in [0.4, 0.5) is 5.69 Å². The predicted molar refractivity (Wildman–Crippen MR) is 136 cm³/mol. The van der Waals surface area contributed by atoms with E-state index >= 15 is 0 Å². The van der Waals surface area contributed by atoms with Crippen molar-refractivity contribution in [1.29, 1.82) is 0 Å². The maximum absolute atomic E-state index is 12.7. The van der Waals surface area contributed by atoms with Gasteiger partial charge >= 0.3 is 0 Å². The number of aryl methyl sites for hydroxylation is 1. The summed E-state index contributed by atoms with van der Waals surface area (Å²) >= 11 is 14.0. The van der Waals surface area contributed by atoms with Crippen molar-refractivity contribution in [3.8, 4) is 5.69 Å². The molecule has 0 saturated carbocycles. The van der Waals surface area contributed by atoms with Gasteiger partial charge in [0.2, 0.25) is 0 Å². The fourth-order valence-corrected chi connectivity index (χ4v) is 4.76. The Balaban J connectivity index is 1.60. The van der Waals surface area contributed by atoms with E-state index in [-0.39, 0.29) is 17.8 Å². The Morgan fingerprint density at radius 3 is 2.57 bits per heavy atom. The van der Waals surface area contributed by atoms with Gasteiger partial charge in [0.25, 0.3) is 11.6 Å². The van der Waals surface area contributed by atoms with Crippen LogP contribution < -0.4 is 5.32 Å². The molecule has 35 heavy (non-hydrogen) atoms. The predicted octanol–water partition coefficient (Wildman–Crippen LogP) is 6.01. The minimum atomic E-state index is -0.512. The summed E-state index contributed by atoms with van der Waals surface area (Å²) in [6, 6.07) is 19.4. The van der Waals surface area contributed by atoms with Crippen LogP contribution >= 0.6 is 35.0 Å². The summed E-state index contributed by atoms with van der Waals surface area (Å²) in [5.41, 5.74) is 2.27. The first-order valence-corrected chi connectivity index (χ1v) is 12.2. The van der Waals surface area contributed by atoms with Gasteiger partial charge < -0.3 is 5.32 Å². The number of carbonyl (C=O) groups excluding carboxylic acids is 1. The number of amides is 1. The van der Waals surface area contributed by atoms with Gasteiger partial charge in [-0.15, -0.1) is 10.2 Å². The molecule has 0 atom stereocenters. The SMILES string of the molecule is Cc1ccc(C(=O)NCc2nnc(SCc3ccccc3)n2-c2ccc(Cl)cc2Cl)cc1[N+](=O)[O-]. The fraction of sp³-hybridized carbons (Fsp3) is 0.125. The molecule has 0 aliphatic carbocycles. The second kappa shape index (κ2) is 10.9. The molecule has 4 rings (SSSR count). The van der Waals surface area contributed by atoms with Gasteiger partial charge in [-0.3, -0.25) is 19.5 Å². The lowest BCUT2D eigenvalue weighted by atomic mass is 10.1. The minimum absolute atomic E-state index is 0.0262. The Labute approximate surface area is 215 Å². The van der Waals surface area contributed by atoms with Crippen molar-refractivity contribution in [2.45, 2.75) is 24.4 Å². The van der Waals surface area contributed by atoms with Crippen molar-refractivity contribution in [2.75, 3.05) is 0 Å². The molecule has 0 aliphatic rings. The zero-order valence-corrected chi connectivity index (χ0v) is 20.8. The summed E-state index contributed by atoms with van der Waals surface area (Å²) in [7, 11) is 0. The van der Waals surface area contributed by atoms with Crippen molar-refractivity contribution >= 4 is 46.6 Å². The number of hydrogen-bond donors (Lipinski definition) is 1. The van der Waals surface area contributed by atoms with Gasteiger partial charge in [0, 0.05) is 28.0 Å². The Hall–Kier alpha value is -3.40. The highest BCUT2D eigenvalue weighted by atomic mass is 35.5. The van der Waals surface area contributed by atoms with Gasteiger partial charge in [-0.1, -0.05) is 71.4 Å². The number of nitro groups is 1. The maximum Gasteiger partial charge on any atom is 0.273 e. The van der Waals surface area contributed by atoms with Crippen molar-refractivity contribution in [2.24, 2.45) is 0 Å². The van der Waals surface area contributed by atoms with Gasteiger partial charge in [0.1, 0.15) is 0 Å². The van der Waals surface area contributed by atoms with Crippen LogP contribution in [0.3, 0.4) is 0 Å². The van der Waals surface area contributed by atoms with E-state index in [1.807, 2.05) is 30.3 Å².